The lowest BCUT2D eigenvalue weighted by Crippen LogP contribution is -2.33. The van der Waals surface area contributed by atoms with Crippen molar-refractivity contribution in [3.63, 3.8) is 0 Å². The standard InChI is InChI=1S/C20H21F3N2O2S/c1-28(26,27)14-5-3-13(4-6-14)25-11-12-2-7-15(20(24)8-12)16-9-18(22)19(23)10-17(16)21/h2-6,9-10,15,20,25H,7-8,11,24H2,1H3/t15-,20+/m1/s1. The van der Waals surface area contributed by atoms with Gasteiger partial charge >= 0.3 is 0 Å². The maximum atomic E-state index is 14.0. The third-order valence-electron chi connectivity index (χ3n) is 4.92. The van der Waals surface area contributed by atoms with Gasteiger partial charge in [0.2, 0.25) is 0 Å². The quantitative estimate of drug-likeness (QED) is 0.582. The molecule has 28 heavy (non-hydrogen) atoms. The van der Waals surface area contributed by atoms with Gasteiger partial charge in [0.05, 0.1) is 4.90 Å². The molecule has 8 heteroatoms. The average Bonchev–Trinajstić information content (AvgIpc) is 2.63. The second-order valence-corrected chi connectivity index (χ2v) is 9.03. The minimum absolute atomic E-state index is 0.0889. The Morgan fingerprint density at radius 1 is 1.07 bits per heavy atom. The smallest absolute Gasteiger partial charge is 0.175 e. The molecule has 0 radical (unpaired) electrons. The van der Waals surface area contributed by atoms with E-state index in [0.29, 0.717) is 25.5 Å². The van der Waals surface area contributed by atoms with Gasteiger partial charge < -0.3 is 11.1 Å². The van der Waals surface area contributed by atoms with E-state index in [0.717, 1.165) is 23.6 Å². The second-order valence-electron chi connectivity index (χ2n) is 7.01. The number of rotatable bonds is 5. The first-order valence-electron chi connectivity index (χ1n) is 8.77. The lowest BCUT2D eigenvalue weighted by molar-refractivity contribution is 0.455. The van der Waals surface area contributed by atoms with Crippen LogP contribution in [-0.2, 0) is 9.84 Å². The molecule has 3 N–H and O–H groups in total. The Morgan fingerprint density at radius 3 is 2.32 bits per heavy atom. The van der Waals surface area contributed by atoms with Crippen LogP contribution in [0.5, 0.6) is 0 Å². The Kier molecular flexibility index (Phi) is 5.81. The van der Waals surface area contributed by atoms with Crippen LogP contribution in [-0.4, -0.2) is 27.3 Å². The van der Waals surface area contributed by atoms with Crippen molar-refractivity contribution in [2.24, 2.45) is 5.73 Å². The van der Waals surface area contributed by atoms with Gasteiger partial charge in [0.15, 0.2) is 21.5 Å². The topological polar surface area (TPSA) is 72.2 Å². The van der Waals surface area contributed by atoms with Crippen molar-refractivity contribution in [3.05, 3.63) is 71.1 Å². The van der Waals surface area contributed by atoms with Crippen molar-refractivity contribution in [2.45, 2.75) is 29.7 Å². The highest BCUT2D eigenvalue weighted by molar-refractivity contribution is 7.90. The van der Waals surface area contributed by atoms with E-state index in [1.807, 2.05) is 6.08 Å². The Hall–Kier alpha value is -2.32. The number of allylic oxidation sites excluding steroid dienone is 1. The van der Waals surface area contributed by atoms with Crippen LogP contribution < -0.4 is 11.1 Å². The normalized spacial score (nSPS) is 20.0. The zero-order chi connectivity index (χ0) is 20.5. The Bertz CT molecular complexity index is 1000. The molecule has 0 amide bonds. The molecule has 0 saturated carbocycles. The number of nitrogens with one attached hydrogen (secondary N) is 1. The molecular formula is C20H21F3N2O2S. The van der Waals surface area contributed by atoms with Gasteiger partial charge in [-0.2, -0.15) is 0 Å². The maximum Gasteiger partial charge on any atom is 0.175 e. The molecule has 1 aliphatic carbocycles. The van der Waals surface area contributed by atoms with Crippen molar-refractivity contribution < 1.29 is 21.6 Å². The Balaban J connectivity index is 1.66. The van der Waals surface area contributed by atoms with Crippen LogP contribution >= 0.6 is 0 Å². The van der Waals surface area contributed by atoms with E-state index >= 15 is 0 Å². The molecular weight excluding hydrogens is 389 g/mol. The minimum atomic E-state index is -3.24. The summed E-state index contributed by atoms with van der Waals surface area (Å²) in [5.74, 6) is -3.52. The van der Waals surface area contributed by atoms with E-state index in [4.69, 9.17) is 5.73 Å². The summed E-state index contributed by atoms with van der Waals surface area (Å²) >= 11 is 0. The van der Waals surface area contributed by atoms with Crippen molar-refractivity contribution in [3.8, 4) is 0 Å². The fourth-order valence-corrected chi connectivity index (χ4v) is 3.99. The number of hydrogen-bond acceptors (Lipinski definition) is 4. The van der Waals surface area contributed by atoms with Crippen LogP contribution in [0.2, 0.25) is 0 Å². The van der Waals surface area contributed by atoms with Gasteiger partial charge in [0.1, 0.15) is 5.82 Å². The summed E-state index contributed by atoms with van der Waals surface area (Å²) in [4.78, 5) is 0.244. The molecule has 150 valence electrons. The van der Waals surface area contributed by atoms with Crippen LogP contribution in [0.1, 0.15) is 24.3 Å². The number of halogens is 3. The molecule has 0 bridgehead atoms. The number of anilines is 1. The predicted molar refractivity (Wildman–Crippen MR) is 102 cm³/mol. The summed E-state index contributed by atoms with van der Waals surface area (Å²) in [5.41, 5.74) is 8.04. The maximum absolute atomic E-state index is 14.0. The SMILES string of the molecule is CS(=O)(=O)c1ccc(NCC2=CC[C@H](c3cc(F)c(F)cc3F)[C@@H](N)C2)cc1. The molecule has 0 aromatic heterocycles. The highest BCUT2D eigenvalue weighted by atomic mass is 32.2. The molecule has 3 rings (SSSR count). The van der Waals surface area contributed by atoms with Crippen LogP contribution in [0.15, 0.2) is 52.9 Å². The lowest BCUT2D eigenvalue weighted by atomic mass is 9.80. The van der Waals surface area contributed by atoms with Crippen LogP contribution in [0, 0.1) is 17.5 Å². The Morgan fingerprint density at radius 2 is 1.71 bits per heavy atom. The molecule has 0 spiro atoms. The van der Waals surface area contributed by atoms with E-state index in [9.17, 15) is 21.6 Å². The summed E-state index contributed by atoms with van der Waals surface area (Å²) in [6, 6.07) is 7.43. The van der Waals surface area contributed by atoms with E-state index in [1.165, 1.54) is 12.1 Å². The lowest BCUT2D eigenvalue weighted by Gasteiger charge is -2.29. The summed E-state index contributed by atoms with van der Waals surface area (Å²) in [6.07, 6.45) is 3.98. The minimum Gasteiger partial charge on any atom is -0.381 e. The summed E-state index contributed by atoms with van der Waals surface area (Å²) in [7, 11) is -3.24. The van der Waals surface area contributed by atoms with Gasteiger partial charge in [-0.3, -0.25) is 0 Å². The third-order valence-corrected chi connectivity index (χ3v) is 6.04. The number of hydrogen-bond donors (Lipinski definition) is 2. The molecule has 0 aliphatic heterocycles. The first kappa shape index (κ1) is 20.4. The molecule has 0 fully saturated rings. The second kappa shape index (κ2) is 7.97. The highest BCUT2D eigenvalue weighted by Crippen LogP contribution is 2.33. The fraction of sp³-hybridized carbons (Fsp3) is 0.300. The van der Waals surface area contributed by atoms with Crippen molar-refractivity contribution in [1.82, 2.24) is 0 Å². The van der Waals surface area contributed by atoms with Crippen LogP contribution in [0.25, 0.3) is 0 Å². The first-order valence-corrected chi connectivity index (χ1v) is 10.7. The summed E-state index contributed by atoms with van der Waals surface area (Å²) in [5, 5.41) is 3.19. The molecule has 0 unspecified atom stereocenters. The van der Waals surface area contributed by atoms with Crippen LogP contribution in [0.3, 0.4) is 0 Å². The van der Waals surface area contributed by atoms with Crippen molar-refractivity contribution in [2.75, 3.05) is 18.1 Å². The number of nitrogens with two attached hydrogens (primary N) is 1. The molecule has 0 heterocycles. The largest absolute Gasteiger partial charge is 0.381 e. The van der Waals surface area contributed by atoms with Gasteiger partial charge in [-0.1, -0.05) is 11.6 Å². The molecule has 4 nitrogen and oxygen atoms in total. The Labute approximate surface area is 162 Å². The fourth-order valence-electron chi connectivity index (χ4n) is 3.36. The molecule has 1 aliphatic rings. The summed E-state index contributed by atoms with van der Waals surface area (Å²) < 4.78 is 63.6. The van der Waals surface area contributed by atoms with Gasteiger partial charge in [0.25, 0.3) is 0 Å². The zero-order valence-corrected chi connectivity index (χ0v) is 16.1. The van der Waals surface area contributed by atoms with Gasteiger partial charge in [-0.25, -0.2) is 21.6 Å². The van der Waals surface area contributed by atoms with E-state index < -0.39 is 39.2 Å². The monoisotopic (exact) mass is 410 g/mol. The third kappa shape index (κ3) is 4.56. The van der Waals surface area contributed by atoms with E-state index in [2.05, 4.69) is 5.32 Å². The predicted octanol–water partition coefficient (Wildman–Crippen LogP) is 3.75. The van der Waals surface area contributed by atoms with Crippen molar-refractivity contribution >= 4 is 15.5 Å². The summed E-state index contributed by atoms with van der Waals surface area (Å²) in [6.45, 7) is 0.499. The average molecular weight is 410 g/mol. The molecule has 2 aromatic rings. The number of benzene rings is 2. The highest BCUT2D eigenvalue weighted by Gasteiger charge is 2.27. The van der Waals surface area contributed by atoms with Crippen LogP contribution in [0.4, 0.5) is 18.9 Å². The van der Waals surface area contributed by atoms with Gasteiger partial charge in [-0.05, 0) is 48.7 Å². The van der Waals surface area contributed by atoms with Gasteiger partial charge in [-0.15, -0.1) is 0 Å². The number of sulfone groups is 1. The zero-order valence-electron chi connectivity index (χ0n) is 15.3. The molecule has 2 atom stereocenters. The first-order chi connectivity index (χ1) is 13.1. The van der Waals surface area contributed by atoms with Gasteiger partial charge in [0, 0.05) is 36.5 Å². The van der Waals surface area contributed by atoms with E-state index in [-0.39, 0.29) is 10.5 Å². The van der Waals surface area contributed by atoms with Crippen molar-refractivity contribution in [1.29, 1.82) is 0 Å². The molecule has 2 aromatic carbocycles. The molecule has 0 saturated heterocycles. The van der Waals surface area contributed by atoms with E-state index in [1.54, 1.807) is 12.1 Å².